The molecule has 1 amide bonds. The van der Waals surface area contributed by atoms with Crippen LogP contribution in [-0.2, 0) is 21.3 Å². The van der Waals surface area contributed by atoms with Gasteiger partial charge in [0.2, 0.25) is 0 Å². The van der Waals surface area contributed by atoms with Crippen LogP contribution in [0, 0.1) is 11.6 Å². The van der Waals surface area contributed by atoms with E-state index in [1.807, 2.05) is 0 Å². The molecule has 0 fully saturated rings. The predicted molar refractivity (Wildman–Crippen MR) is 125 cm³/mol. The molecule has 0 aliphatic rings. The lowest BCUT2D eigenvalue weighted by Crippen LogP contribution is -2.20. The standard InChI is InChI=1S/C23H19F2N3O4S2/c1-32-12-11-28-21-19(25)13-16(24)14-20(21)33-23(28)26-22(29)15-7-9-17(10-8-15)27-34(30,31)18-5-3-2-4-6-18/h2-10,13-14,27H,11-12H2,1H3. The number of sulfonamides is 1. The number of nitrogens with zero attached hydrogens (tertiary/aromatic N) is 2. The number of benzene rings is 3. The second-order valence-electron chi connectivity index (χ2n) is 7.18. The van der Waals surface area contributed by atoms with E-state index < -0.39 is 27.6 Å². The van der Waals surface area contributed by atoms with Gasteiger partial charge in [-0.05, 0) is 42.5 Å². The first-order valence-corrected chi connectivity index (χ1v) is 12.3. The van der Waals surface area contributed by atoms with E-state index in [-0.39, 0.29) is 39.6 Å². The Bertz CT molecular complexity index is 1510. The van der Waals surface area contributed by atoms with Crippen LogP contribution in [0.25, 0.3) is 10.2 Å². The SMILES string of the molecule is COCCn1c(=NC(=O)c2ccc(NS(=O)(=O)c3ccccc3)cc2)sc2cc(F)cc(F)c21. The van der Waals surface area contributed by atoms with Crippen LogP contribution in [0.4, 0.5) is 14.5 Å². The van der Waals surface area contributed by atoms with Gasteiger partial charge in [0.05, 0.1) is 21.7 Å². The minimum Gasteiger partial charge on any atom is -0.383 e. The molecule has 1 aromatic heterocycles. The van der Waals surface area contributed by atoms with Crippen molar-refractivity contribution in [3.05, 3.63) is 88.7 Å². The fourth-order valence-corrected chi connectivity index (χ4v) is 5.42. The van der Waals surface area contributed by atoms with E-state index in [0.29, 0.717) is 4.70 Å². The Morgan fingerprint density at radius 2 is 1.79 bits per heavy atom. The van der Waals surface area contributed by atoms with Crippen LogP contribution in [-0.4, -0.2) is 32.6 Å². The van der Waals surface area contributed by atoms with Gasteiger partial charge in [-0.3, -0.25) is 9.52 Å². The Labute approximate surface area is 198 Å². The molecule has 1 heterocycles. The molecule has 176 valence electrons. The summed E-state index contributed by atoms with van der Waals surface area (Å²) in [6, 6.07) is 15.6. The van der Waals surface area contributed by atoms with Crippen LogP contribution >= 0.6 is 11.3 Å². The molecule has 0 saturated heterocycles. The summed E-state index contributed by atoms with van der Waals surface area (Å²) >= 11 is 0.983. The van der Waals surface area contributed by atoms with Crippen molar-refractivity contribution in [3.8, 4) is 0 Å². The van der Waals surface area contributed by atoms with E-state index in [9.17, 15) is 22.0 Å². The van der Waals surface area contributed by atoms with Gasteiger partial charge in [0.15, 0.2) is 10.6 Å². The van der Waals surface area contributed by atoms with E-state index in [0.717, 1.165) is 17.4 Å². The number of carbonyl (C=O) groups is 1. The maximum absolute atomic E-state index is 14.4. The van der Waals surface area contributed by atoms with E-state index in [1.54, 1.807) is 18.2 Å². The lowest BCUT2D eigenvalue weighted by molar-refractivity contribution is 0.0997. The van der Waals surface area contributed by atoms with E-state index >= 15 is 0 Å². The number of halogens is 2. The molecule has 0 atom stereocenters. The van der Waals surface area contributed by atoms with Gasteiger partial charge in [0.1, 0.15) is 5.82 Å². The summed E-state index contributed by atoms with van der Waals surface area (Å²) in [7, 11) is -2.28. The number of rotatable bonds is 7. The molecule has 0 saturated carbocycles. The number of hydrogen-bond donors (Lipinski definition) is 1. The maximum Gasteiger partial charge on any atom is 0.279 e. The highest BCUT2D eigenvalue weighted by Gasteiger charge is 2.16. The van der Waals surface area contributed by atoms with Crippen molar-refractivity contribution in [3.63, 3.8) is 0 Å². The van der Waals surface area contributed by atoms with Crippen molar-refractivity contribution in [2.45, 2.75) is 11.4 Å². The van der Waals surface area contributed by atoms with Crippen LogP contribution in [0.3, 0.4) is 0 Å². The van der Waals surface area contributed by atoms with Gasteiger partial charge in [-0.15, -0.1) is 0 Å². The highest BCUT2D eigenvalue weighted by atomic mass is 32.2. The van der Waals surface area contributed by atoms with Crippen LogP contribution in [0.1, 0.15) is 10.4 Å². The molecule has 3 aromatic carbocycles. The quantitative estimate of drug-likeness (QED) is 0.410. The average molecular weight is 504 g/mol. The van der Waals surface area contributed by atoms with E-state index in [1.165, 1.54) is 54.1 Å². The number of aromatic nitrogens is 1. The number of amides is 1. The number of anilines is 1. The molecule has 11 heteroatoms. The lowest BCUT2D eigenvalue weighted by atomic mass is 10.2. The number of hydrogen-bond acceptors (Lipinski definition) is 5. The van der Waals surface area contributed by atoms with Gasteiger partial charge >= 0.3 is 0 Å². The zero-order valence-corrected chi connectivity index (χ0v) is 19.5. The monoisotopic (exact) mass is 503 g/mol. The van der Waals surface area contributed by atoms with Crippen molar-refractivity contribution in [2.24, 2.45) is 4.99 Å². The van der Waals surface area contributed by atoms with Crippen molar-refractivity contribution in [2.75, 3.05) is 18.4 Å². The summed E-state index contributed by atoms with van der Waals surface area (Å²) in [5.41, 5.74) is 0.612. The molecule has 7 nitrogen and oxygen atoms in total. The minimum absolute atomic E-state index is 0.110. The van der Waals surface area contributed by atoms with Gasteiger partial charge in [-0.25, -0.2) is 17.2 Å². The Morgan fingerprint density at radius 3 is 2.47 bits per heavy atom. The average Bonchev–Trinajstić information content (AvgIpc) is 3.15. The topological polar surface area (TPSA) is 89.8 Å². The van der Waals surface area contributed by atoms with Gasteiger partial charge in [0, 0.05) is 31.0 Å². The second kappa shape index (κ2) is 9.84. The first kappa shape index (κ1) is 23.7. The summed E-state index contributed by atoms with van der Waals surface area (Å²) < 4.78 is 62.3. The molecule has 0 bridgehead atoms. The molecule has 0 aliphatic carbocycles. The Balaban J connectivity index is 1.64. The first-order chi connectivity index (χ1) is 16.3. The number of carbonyl (C=O) groups excluding carboxylic acids is 1. The van der Waals surface area contributed by atoms with Crippen molar-refractivity contribution >= 4 is 43.2 Å². The van der Waals surface area contributed by atoms with Crippen molar-refractivity contribution in [1.82, 2.24) is 4.57 Å². The number of ether oxygens (including phenoxy) is 1. The number of fused-ring (bicyclic) bond motifs is 1. The maximum atomic E-state index is 14.4. The predicted octanol–water partition coefficient (Wildman–Crippen LogP) is 4.17. The fraction of sp³-hybridized carbons (Fsp3) is 0.130. The molecule has 0 unspecified atom stereocenters. The van der Waals surface area contributed by atoms with Crippen LogP contribution in [0.2, 0.25) is 0 Å². The number of nitrogens with one attached hydrogen (secondary N) is 1. The summed E-state index contributed by atoms with van der Waals surface area (Å²) in [5, 5.41) is 0. The molecule has 0 radical (unpaired) electrons. The molecular weight excluding hydrogens is 484 g/mol. The van der Waals surface area contributed by atoms with Crippen LogP contribution in [0.5, 0.6) is 0 Å². The Hall–Kier alpha value is -3.41. The normalized spacial score (nSPS) is 12.3. The van der Waals surface area contributed by atoms with Gasteiger partial charge in [0.25, 0.3) is 15.9 Å². The second-order valence-corrected chi connectivity index (χ2v) is 9.87. The summed E-state index contributed by atoms with van der Waals surface area (Å²) in [6.45, 7) is 0.450. The minimum atomic E-state index is -3.77. The van der Waals surface area contributed by atoms with Crippen molar-refractivity contribution in [1.29, 1.82) is 0 Å². The fourth-order valence-electron chi connectivity index (χ4n) is 3.25. The molecule has 4 rings (SSSR count). The molecule has 34 heavy (non-hydrogen) atoms. The lowest BCUT2D eigenvalue weighted by Gasteiger charge is -2.08. The highest BCUT2D eigenvalue weighted by molar-refractivity contribution is 7.92. The third-order valence-corrected chi connectivity index (χ3v) is 7.27. The molecular formula is C23H19F2N3O4S2. The molecule has 1 N–H and O–H groups in total. The summed E-state index contributed by atoms with van der Waals surface area (Å²) in [5.74, 6) is -2.10. The van der Waals surface area contributed by atoms with E-state index in [4.69, 9.17) is 4.74 Å². The van der Waals surface area contributed by atoms with Crippen LogP contribution < -0.4 is 9.52 Å². The largest absolute Gasteiger partial charge is 0.383 e. The van der Waals surface area contributed by atoms with Gasteiger partial charge < -0.3 is 9.30 Å². The molecule has 0 spiro atoms. The Morgan fingerprint density at radius 1 is 1.09 bits per heavy atom. The third-order valence-electron chi connectivity index (χ3n) is 4.85. The highest BCUT2D eigenvalue weighted by Crippen LogP contribution is 2.23. The summed E-state index contributed by atoms with van der Waals surface area (Å²) in [4.78, 5) is 17.2. The third kappa shape index (κ3) is 5.06. The Kier molecular flexibility index (Phi) is 6.87. The molecule has 4 aromatic rings. The zero-order chi connectivity index (χ0) is 24.3. The number of thiazole rings is 1. The first-order valence-electron chi connectivity index (χ1n) is 10.0. The molecule has 0 aliphatic heterocycles. The number of methoxy groups -OCH3 is 1. The van der Waals surface area contributed by atoms with Gasteiger partial charge in [-0.1, -0.05) is 29.5 Å². The van der Waals surface area contributed by atoms with E-state index in [2.05, 4.69) is 9.71 Å². The smallest absolute Gasteiger partial charge is 0.279 e. The summed E-state index contributed by atoms with van der Waals surface area (Å²) in [6.07, 6.45) is 0. The van der Waals surface area contributed by atoms with Crippen molar-refractivity contribution < 1.29 is 26.7 Å². The van der Waals surface area contributed by atoms with Gasteiger partial charge in [-0.2, -0.15) is 4.99 Å². The zero-order valence-electron chi connectivity index (χ0n) is 17.9. The van der Waals surface area contributed by atoms with Crippen LogP contribution in [0.15, 0.2) is 76.6 Å².